The number of aryl methyl sites for hydroxylation is 1. The number of rotatable bonds is 6. The molecule has 0 bridgehead atoms. The van der Waals surface area contributed by atoms with Gasteiger partial charge in [-0.2, -0.15) is 9.78 Å². The van der Waals surface area contributed by atoms with E-state index in [9.17, 15) is 4.79 Å². The summed E-state index contributed by atoms with van der Waals surface area (Å²) in [4.78, 5) is 17.4. The van der Waals surface area contributed by atoms with E-state index in [0.29, 0.717) is 41.4 Å². The molecular weight excluding hydrogens is 446 g/mol. The largest absolute Gasteiger partial charge is 0.490 e. The van der Waals surface area contributed by atoms with E-state index in [2.05, 4.69) is 46.8 Å². The minimum absolute atomic E-state index is 0.0420. The van der Waals surface area contributed by atoms with Crippen LogP contribution in [0.15, 0.2) is 50.8 Å². The molecule has 0 radical (unpaired) electrons. The van der Waals surface area contributed by atoms with Crippen molar-refractivity contribution >= 4 is 33.0 Å². The van der Waals surface area contributed by atoms with Gasteiger partial charge in [-0.3, -0.25) is 4.79 Å². The van der Waals surface area contributed by atoms with Gasteiger partial charge in [0.2, 0.25) is 0 Å². The zero-order valence-electron chi connectivity index (χ0n) is 17.9. The smallest absolute Gasteiger partial charge is 0.282 e. The maximum atomic E-state index is 12.9. The second-order valence-electron chi connectivity index (χ2n) is 8.17. The molecule has 7 heteroatoms. The Morgan fingerprint density at radius 3 is 2.60 bits per heavy atom. The van der Waals surface area contributed by atoms with Crippen molar-refractivity contribution in [1.82, 2.24) is 9.66 Å². The highest BCUT2D eigenvalue weighted by Gasteiger charge is 2.14. The van der Waals surface area contributed by atoms with Gasteiger partial charge in [0, 0.05) is 4.47 Å². The van der Waals surface area contributed by atoms with Crippen LogP contribution in [-0.2, 0) is 0 Å². The zero-order chi connectivity index (χ0) is 21.9. The fourth-order valence-corrected chi connectivity index (χ4v) is 3.17. The van der Waals surface area contributed by atoms with Crippen LogP contribution in [0.4, 0.5) is 0 Å². The Balaban J connectivity index is 1.94. The molecule has 0 fully saturated rings. The summed E-state index contributed by atoms with van der Waals surface area (Å²) in [6.07, 6.45) is 1.62. The fraction of sp³-hybridized carbons (Fsp3) is 0.348. The Bertz CT molecular complexity index is 1150. The molecule has 0 saturated heterocycles. The van der Waals surface area contributed by atoms with Gasteiger partial charge in [-0.05, 0) is 61.2 Å². The summed E-state index contributed by atoms with van der Waals surface area (Å²) in [5.74, 6) is 1.85. The number of aromatic nitrogens is 2. The van der Waals surface area contributed by atoms with E-state index < -0.39 is 0 Å². The molecule has 3 aromatic rings. The number of nitrogens with zero attached hydrogens (tertiary/aromatic N) is 3. The van der Waals surface area contributed by atoms with Gasteiger partial charge in [-0.25, -0.2) is 4.98 Å². The fourth-order valence-electron chi connectivity index (χ4n) is 2.81. The van der Waals surface area contributed by atoms with Crippen LogP contribution in [0.5, 0.6) is 11.5 Å². The van der Waals surface area contributed by atoms with Gasteiger partial charge in [-0.15, -0.1) is 0 Å². The van der Waals surface area contributed by atoms with Crippen molar-refractivity contribution < 1.29 is 9.47 Å². The lowest BCUT2D eigenvalue weighted by atomic mass is 9.99. The predicted molar refractivity (Wildman–Crippen MR) is 124 cm³/mol. The Kier molecular flexibility index (Phi) is 6.61. The summed E-state index contributed by atoms with van der Waals surface area (Å²) < 4.78 is 13.8. The summed E-state index contributed by atoms with van der Waals surface area (Å²) in [6, 6.07) is 11.0. The topological polar surface area (TPSA) is 65.7 Å². The highest BCUT2D eigenvalue weighted by Crippen LogP contribution is 2.29. The Labute approximate surface area is 184 Å². The predicted octanol–water partition coefficient (Wildman–Crippen LogP) is 5.17. The summed E-state index contributed by atoms with van der Waals surface area (Å²) in [5.41, 5.74) is 1.26. The lowest BCUT2D eigenvalue weighted by molar-refractivity contribution is 0.188. The molecule has 1 aromatic heterocycles. The van der Waals surface area contributed by atoms with Crippen LogP contribution < -0.4 is 15.0 Å². The van der Waals surface area contributed by atoms with E-state index >= 15 is 0 Å². The maximum absolute atomic E-state index is 12.9. The number of hydrogen-bond acceptors (Lipinski definition) is 5. The summed E-state index contributed by atoms with van der Waals surface area (Å²) >= 11 is 3.40. The van der Waals surface area contributed by atoms with Crippen LogP contribution in [0.3, 0.4) is 0 Å². The number of ether oxygens (including phenoxy) is 2. The molecule has 1 heterocycles. The molecule has 30 heavy (non-hydrogen) atoms. The standard InChI is InChI=1S/C23H26BrN3O3/c1-6-29-21-11-16(7-10-20(21)30-14-23(3,4)5)13-25-27-15(2)26-19-9-8-17(24)12-18(19)22(27)28/h7-13H,6,14H2,1-5H3. The number of benzene rings is 2. The molecule has 0 aliphatic rings. The molecule has 0 aliphatic heterocycles. The quantitative estimate of drug-likeness (QED) is 0.464. The van der Waals surface area contributed by atoms with Crippen LogP contribution in [0.25, 0.3) is 10.9 Å². The molecule has 0 amide bonds. The third kappa shape index (κ3) is 5.27. The van der Waals surface area contributed by atoms with E-state index in [0.717, 1.165) is 10.0 Å². The average Bonchev–Trinajstić information content (AvgIpc) is 2.67. The summed E-state index contributed by atoms with van der Waals surface area (Å²) in [5, 5.41) is 4.88. The van der Waals surface area contributed by atoms with Crippen LogP contribution in [0.1, 0.15) is 39.1 Å². The first-order chi connectivity index (χ1) is 14.2. The normalized spacial score (nSPS) is 11.9. The van der Waals surface area contributed by atoms with Crippen LogP contribution >= 0.6 is 15.9 Å². The van der Waals surface area contributed by atoms with E-state index in [-0.39, 0.29) is 11.0 Å². The lowest BCUT2D eigenvalue weighted by Crippen LogP contribution is -2.20. The monoisotopic (exact) mass is 471 g/mol. The maximum Gasteiger partial charge on any atom is 0.282 e. The van der Waals surface area contributed by atoms with Crippen LogP contribution in [0.2, 0.25) is 0 Å². The molecule has 6 nitrogen and oxygen atoms in total. The van der Waals surface area contributed by atoms with E-state index in [1.54, 1.807) is 19.2 Å². The number of hydrogen-bond donors (Lipinski definition) is 0. The first-order valence-corrected chi connectivity index (χ1v) is 10.6. The molecule has 0 spiro atoms. The van der Waals surface area contributed by atoms with Crippen molar-refractivity contribution in [2.45, 2.75) is 34.6 Å². The van der Waals surface area contributed by atoms with Crippen molar-refractivity contribution in [1.29, 1.82) is 0 Å². The first-order valence-electron chi connectivity index (χ1n) is 9.81. The third-order valence-corrected chi connectivity index (χ3v) is 4.71. The molecule has 158 valence electrons. The van der Waals surface area contributed by atoms with Crippen molar-refractivity contribution in [2.75, 3.05) is 13.2 Å². The van der Waals surface area contributed by atoms with E-state index in [1.807, 2.05) is 37.3 Å². The van der Waals surface area contributed by atoms with Crippen LogP contribution in [-0.4, -0.2) is 29.1 Å². The van der Waals surface area contributed by atoms with E-state index in [4.69, 9.17) is 9.47 Å². The molecule has 0 saturated carbocycles. The molecule has 2 aromatic carbocycles. The van der Waals surface area contributed by atoms with Gasteiger partial charge in [0.25, 0.3) is 5.56 Å². The van der Waals surface area contributed by atoms with Crippen LogP contribution in [0, 0.1) is 12.3 Å². The molecule has 0 N–H and O–H groups in total. The highest BCUT2D eigenvalue weighted by molar-refractivity contribution is 9.10. The highest BCUT2D eigenvalue weighted by atomic mass is 79.9. The van der Waals surface area contributed by atoms with Gasteiger partial charge in [0.1, 0.15) is 5.82 Å². The van der Waals surface area contributed by atoms with Gasteiger partial charge < -0.3 is 9.47 Å². The molecular formula is C23H26BrN3O3. The Morgan fingerprint density at radius 2 is 1.90 bits per heavy atom. The minimum Gasteiger partial charge on any atom is -0.490 e. The second-order valence-corrected chi connectivity index (χ2v) is 9.09. The Morgan fingerprint density at radius 1 is 1.13 bits per heavy atom. The minimum atomic E-state index is -0.217. The molecule has 0 unspecified atom stereocenters. The summed E-state index contributed by atoms with van der Waals surface area (Å²) in [6.45, 7) is 11.1. The van der Waals surface area contributed by atoms with Crippen molar-refractivity contribution in [3.05, 3.63) is 62.6 Å². The first kappa shape index (κ1) is 22.0. The van der Waals surface area contributed by atoms with Gasteiger partial charge >= 0.3 is 0 Å². The van der Waals surface area contributed by atoms with Crippen molar-refractivity contribution in [2.24, 2.45) is 10.5 Å². The molecule has 0 aliphatic carbocycles. The van der Waals surface area contributed by atoms with Gasteiger partial charge in [0.15, 0.2) is 11.5 Å². The van der Waals surface area contributed by atoms with Gasteiger partial charge in [-0.1, -0.05) is 36.7 Å². The van der Waals surface area contributed by atoms with Crippen molar-refractivity contribution in [3.63, 3.8) is 0 Å². The zero-order valence-corrected chi connectivity index (χ0v) is 19.5. The molecule has 0 atom stereocenters. The summed E-state index contributed by atoms with van der Waals surface area (Å²) in [7, 11) is 0. The second kappa shape index (κ2) is 9.00. The van der Waals surface area contributed by atoms with Crippen molar-refractivity contribution in [3.8, 4) is 11.5 Å². The average molecular weight is 472 g/mol. The van der Waals surface area contributed by atoms with E-state index in [1.165, 1.54) is 4.68 Å². The third-order valence-electron chi connectivity index (χ3n) is 4.22. The number of fused-ring (bicyclic) bond motifs is 1. The molecule has 3 rings (SSSR count). The SMILES string of the molecule is CCOc1cc(C=Nn2c(C)nc3ccc(Br)cc3c2=O)ccc1OCC(C)(C)C. The Hall–Kier alpha value is -2.67. The van der Waals surface area contributed by atoms with Gasteiger partial charge in [0.05, 0.1) is 30.3 Å². The lowest BCUT2D eigenvalue weighted by Gasteiger charge is -2.20. The number of halogens is 1.